The number of pyridine rings is 1. The van der Waals surface area contributed by atoms with Gasteiger partial charge < -0.3 is 0 Å². The lowest BCUT2D eigenvalue weighted by Crippen LogP contribution is -1.93. The summed E-state index contributed by atoms with van der Waals surface area (Å²) >= 11 is 0. The largest absolute Gasteiger partial charge is 0.263 e. The number of benzene rings is 6. The van der Waals surface area contributed by atoms with Gasteiger partial charge in [0, 0.05) is 23.5 Å². The van der Waals surface area contributed by atoms with Gasteiger partial charge in [-0.1, -0.05) is 116 Å². The van der Waals surface area contributed by atoms with Gasteiger partial charge in [0.15, 0.2) is 0 Å². The van der Waals surface area contributed by atoms with Crippen LogP contribution in [0.2, 0.25) is 0 Å². The molecule has 1 heteroatoms. The lowest BCUT2D eigenvalue weighted by Gasteiger charge is -2.18. The minimum atomic E-state index is 1.01. The van der Waals surface area contributed by atoms with Crippen LogP contribution in [0, 0.1) is 0 Å². The molecular formula is C38H27N. The van der Waals surface area contributed by atoms with Gasteiger partial charge in [0.05, 0.1) is 0 Å². The Morgan fingerprint density at radius 1 is 0.615 bits per heavy atom. The first-order chi connectivity index (χ1) is 19.2. The van der Waals surface area contributed by atoms with Crippen LogP contribution in [0.4, 0.5) is 0 Å². The van der Waals surface area contributed by atoms with E-state index in [2.05, 4.69) is 128 Å². The molecule has 6 aromatic carbocycles. The molecule has 0 spiro atoms. The fourth-order valence-electron chi connectivity index (χ4n) is 5.85. The average Bonchev–Trinajstić information content (AvgIpc) is 3.00. The number of hydrogen-bond donors (Lipinski definition) is 0. The summed E-state index contributed by atoms with van der Waals surface area (Å²) in [6.07, 6.45) is 6.15. The van der Waals surface area contributed by atoms with E-state index in [0.717, 1.165) is 22.3 Å². The highest BCUT2D eigenvalue weighted by Gasteiger charge is 2.17. The summed E-state index contributed by atoms with van der Waals surface area (Å²) in [5, 5.41) is 7.67. The first-order valence-corrected chi connectivity index (χ1v) is 13.3. The molecule has 1 nitrogen and oxygen atoms in total. The minimum absolute atomic E-state index is 1.01. The van der Waals surface area contributed by atoms with E-state index in [1.807, 2.05) is 24.5 Å². The van der Waals surface area contributed by atoms with Gasteiger partial charge >= 0.3 is 0 Å². The fourth-order valence-corrected chi connectivity index (χ4v) is 5.85. The van der Waals surface area contributed by atoms with Crippen molar-refractivity contribution in [1.29, 1.82) is 0 Å². The maximum Gasteiger partial charge on any atom is 0.0347 e. The summed E-state index contributed by atoms with van der Waals surface area (Å²) in [7, 11) is 0. The first kappa shape index (κ1) is 23.1. The summed E-state index contributed by atoms with van der Waals surface area (Å²) in [5.74, 6) is 0. The Kier molecular flexibility index (Phi) is 5.56. The maximum atomic E-state index is 4.68. The van der Waals surface area contributed by atoms with E-state index in [4.69, 9.17) is 0 Å². The number of allylic oxidation sites excluding steroid dienone is 3. The average molecular weight is 498 g/mol. The van der Waals surface area contributed by atoms with Crippen molar-refractivity contribution in [2.24, 2.45) is 0 Å². The highest BCUT2D eigenvalue weighted by atomic mass is 14.6. The number of nitrogens with zero attached hydrogens (tertiary/aromatic N) is 1. The standard InChI is InChI=1S/C38H27N/c1-25(27-10-5-3-6-11-27)20-26(2)35-22-36(32-21-31(23-39-24-32)28-12-7-4-8-13-28)34-19-17-30-15-9-14-29-16-18-33(35)38(34)37(29)30/h3-24H,1H2,2H3/b26-20+. The van der Waals surface area contributed by atoms with Crippen LogP contribution in [0.25, 0.3) is 65.7 Å². The van der Waals surface area contributed by atoms with E-state index < -0.39 is 0 Å². The molecule has 0 saturated heterocycles. The second-order valence-corrected chi connectivity index (χ2v) is 10.2. The van der Waals surface area contributed by atoms with Gasteiger partial charge in [-0.05, 0) is 84.8 Å². The summed E-state index contributed by atoms with van der Waals surface area (Å²) in [4.78, 5) is 4.68. The molecule has 1 aromatic heterocycles. The zero-order chi connectivity index (χ0) is 26.3. The normalized spacial score (nSPS) is 12.0. The van der Waals surface area contributed by atoms with Crippen molar-refractivity contribution in [3.63, 3.8) is 0 Å². The molecule has 0 unspecified atom stereocenters. The molecule has 0 radical (unpaired) electrons. The van der Waals surface area contributed by atoms with Gasteiger partial charge in [-0.2, -0.15) is 0 Å². The summed E-state index contributed by atoms with van der Waals surface area (Å²) in [6.45, 7) is 6.59. The summed E-state index contributed by atoms with van der Waals surface area (Å²) in [6, 6.07) is 41.1. The van der Waals surface area contributed by atoms with Crippen molar-refractivity contribution in [1.82, 2.24) is 4.98 Å². The molecule has 7 aromatic rings. The van der Waals surface area contributed by atoms with Crippen LogP contribution in [0.1, 0.15) is 18.1 Å². The Morgan fingerprint density at radius 3 is 2.03 bits per heavy atom. The Balaban J connectivity index is 1.51. The van der Waals surface area contributed by atoms with Gasteiger partial charge in [-0.25, -0.2) is 0 Å². The van der Waals surface area contributed by atoms with E-state index in [9.17, 15) is 0 Å². The zero-order valence-corrected chi connectivity index (χ0v) is 21.9. The molecular weight excluding hydrogens is 470 g/mol. The Morgan fingerprint density at radius 2 is 1.28 bits per heavy atom. The lowest BCUT2D eigenvalue weighted by molar-refractivity contribution is 1.33. The van der Waals surface area contributed by atoms with Crippen LogP contribution in [0.5, 0.6) is 0 Å². The predicted molar refractivity (Wildman–Crippen MR) is 168 cm³/mol. The number of hydrogen-bond acceptors (Lipinski definition) is 1. The first-order valence-electron chi connectivity index (χ1n) is 13.3. The third kappa shape index (κ3) is 4.00. The van der Waals surface area contributed by atoms with Crippen molar-refractivity contribution in [2.75, 3.05) is 0 Å². The van der Waals surface area contributed by atoms with Crippen LogP contribution in [0.3, 0.4) is 0 Å². The molecule has 0 aliphatic rings. The SMILES string of the molecule is C=C(/C=C(\C)c1cc(-c2cncc(-c3ccccc3)c2)c2ccc3cccc4ccc1c2c43)c1ccccc1. The molecule has 0 atom stereocenters. The zero-order valence-electron chi connectivity index (χ0n) is 21.9. The van der Waals surface area contributed by atoms with Gasteiger partial charge in [0.1, 0.15) is 0 Å². The van der Waals surface area contributed by atoms with Crippen molar-refractivity contribution in [3.05, 3.63) is 151 Å². The third-order valence-corrected chi connectivity index (χ3v) is 7.76. The molecule has 0 N–H and O–H groups in total. The number of rotatable bonds is 5. The third-order valence-electron chi connectivity index (χ3n) is 7.76. The molecule has 0 fully saturated rings. The predicted octanol–water partition coefficient (Wildman–Crippen LogP) is 10.4. The van der Waals surface area contributed by atoms with Gasteiger partial charge in [-0.15, -0.1) is 0 Å². The summed E-state index contributed by atoms with van der Waals surface area (Å²) < 4.78 is 0. The Bertz CT molecular complexity index is 2000. The van der Waals surface area contributed by atoms with Gasteiger partial charge in [0.2, 0.25) is 0 Å². The van der Waals surface area contributed by atoms with E-state index in [0.29, 0.717) is 0 Å². The number of aromatic nitrogens is 1. The van der Waals surface area contributed by atoms with Crippen LogP contribution in [-0.4, -0.2) is 4.98 Å². The Hall–Kier alpha value is -5.01. The summed E-state index contributed by atoms with van der Waals surface area (Å²) in [5.41, 5.74) is 9.14. The lowest BCUT2D eigenvalue weighted by atomic mass is 9.85. The molecule has 7 rings (SSSR count). The fraction of sp³-hybridized carbons (Fsp3) is 0.0263. The molecule has 0 bridgehead atoms. The van der Waals surface area contributed by atoms with Gasteiger partial charge in [-0.3, -0.25) is 4.98 Å². The van der Waals surface area contributed by atoms with E-state index in [1.54, 1.807) is 0 Å². The van der Waals surface area contributed by atoms with E-state index in [1.165, 1.54) is 54.6 Å². The maximum absolute atomic E-state index is 4.68. The highest BCUT2D eigenvalue weighted by molar-refractivity contribution is 6.27. The van der Waals surface area contributed by atoms with Crippen LogP contribution >= 0.6 is 0 Å². The molecule has 0 aliphatic heterocycles. The van der Waals surface area contributed by atoms with Crippen LogP contribution < -0.4 is 0 Å². The van der Waals surface area contributed by atoms with Crippen LogP contribution in [-0.2, 0) is 0 Å². The molecule has 39 heavy (non-hydrogen) atoms. The molecule has 184 valence electrons. The smallest absolute Gasteiger partial charge is 0.0347 e. The molecule has 1 heterocycles. The second-order valence-electron chi connectivity index (χ2n) is 10.2. The molecule has 0 saturated carbocycles. The van der Waals surface area contributed by atoms with Crippen molar-refractivity contribution >= 4 is 43.5 Å². The quantitative estimate of drug-likeness (QED) is 0.170. The molecule has 0 amide bonds. The van der Waals surface area contributed by atoms with Crippen molar-refractivity contribution in [3.8, 4) is 22.3 Å². The Labute approximate surface area is 228 Å². The van der Waals surface area contributed by atoms with Crippen molar-refractivity contribution in [2.45, 2.75) is 6.92 Å². The van der Waals surface area contributed by atoms with E-state index >= 15 is 0 Å². The van der Waals surface area contributed by atoms with E-state index in [-0.39, 0.29) is 0 Å². The monoisotopic (exact) mass is 497 g/mol. The highest BCUT2D eigenvalue weighted by Crippen LogP contribution is 2.43. The topological polar surface area (TPSA) is 12.9 Å². The molecule has 0 aliphatic carbocycles. The van der Waals surface area contributed by atoms with Crippen LogP contribution in [0.15, 0.2) is 140 Å². The van der Waals surface area contributed by atoms with Crippen molar-refractivity contribution < 1.29 is 0 Å². The second kappa shape index (κ2) is 9.38. The minimum Gasteiger partial charge on any atom is -0.263 e. The van der Waals surface area contributed by atoms with Gasteiger partial charge in [0.25, 0.3) is 0 Å².